The van der Waals surface area contributed by atoms with E-state index in [0.717, 1.165) is 21.6 Å². The number of fused-ring (bicyclic) bond motifs is 1. The standard InChI is InChI=1S/C17H11ClN4OS/c18-11-3-1-10(2-4-11)17-22-15(8-24-17)16(23)21-12-5-6-13-14(7-12)20-9-19-13/h1-9H,(H,19,20)(H,21,23). The summed E-state index contributed by atoms with van der Waals surface area (Å²) in [5.41, 5.74) is 3.73. The van der Waals surface area contributed by atoms with E-state index in [4.69, 9.17) is 11.6 Å². The molecule has 118 valence electrons. The molecule has 0 atom stereocenters. The number of amides is 1. The van der Waals surface area contributed by atoms with Gasteiger partial charge in [-0.3, -0.25) is 4.79 Å². The Balaban J connectivity index is 1.55. The van der Waals surface area contributed by atoms with Crippen molar-refractivity contribution in [2.75, 3.05) is 5.32 Å². The highest BCUT2D eigenvalue weighted by Crippen LogP contribution is 2.25. The molecule has 7 heteroatoms. The molecule has 0 bridgehead atoms. The van der Waals surface area contributed by atoms with Crippen molar-refractivity contribution in [1.82, 2.24) is 15.0 Å². The Morgan fingerprint density at radius 2 is 2.00 bits per heavy atom. The summed E-state index contributed by atoms with van der Waals surface area (Å²) in [6.45, 7) is 0. The molecule has 2 N–H and O–H groups in total. The molecule has 0 radical (unpaired) electrons. The van der Waals surface area contributed by atoms with Crippen LogP contribution in [0.15, 0.2) is 54.2 Å². The topological polar surface area (TPSA) is 70.7 Å². The van der Waals surface area contributed by atoms with E-state index in [0.29, 0.717) is 16.4 Å². The third-order valence-electron chi connectivity index (χ3n) is 3.51. The smallest absolute Gasteiger partial charge is 0.275 e. The predicted octanol–water partition coefficient (Wildman–Crippen LogP) is 4.59. The highest BCUT2D eigenvalue weighted by molar-refractivity contribution is 7.13. The number of rotatable bonds is 3. The fourth-order valence-corrected chi connectivity index (χ4v) is 3.24. The summed E-state index contributed by atoms with van der Waals surface area (Å²) in [5, 5.41) is 6.04. The maximum Gasteiger partial charge on any atom is 0.275 e. The zero-order valence-electron chi connectivity index (χ0n) is 12.3. The lowest BCUT2D eigenvalue weighted by Crippen LogP contribution is -2.12. The number of carbonyl (C=O) groups excluding carboxylic acids is 1. The summed E-state index contributed by atoms with van der Waals surface area (Å²) in [5.74, 6) is -0.245. The van der Waals surface area contributed by atoms with Crippen LogP contribution in [-0.4, -0.2) is 20.9 Å². The third-order valence-corrected chi connectivity index (χ3v) is 4.65. The van der Waals surface area contributed by atoms with Gasteiger partial charge in [0, 0.05) is 21.7 Å². The number of anilines is 1. The molecular formula is C17H11ClN4OS. The zero-order chi connectivity index (χ0) is 16.5. The lowest BCUT2D eigenvalue weighted by molar-refractivity contribution is 0.102. The van der Waals surface area contributed by atoms with Crippen molar-refractivity contribution in [2.24, 2.45) is 0 Å². The van der Waals surface area contributed by atoms with Gasteiger partial charge in [-0.25, -0.2) is 9.97 Å². The van der Waals surface area contributed by atoms with Crippen LogP contribution >= 0.6 is 22.9 Å². The monoisotopic (exact) mass is 354 g/mol. The van der Waals surface area contributed by atoms with Gasteiger partial charge in [0.15, 0.2) is 0 Å². The number of carbonyl (C=O) groups is 1. The average Bonchev–Trinajstić information content (AvgIpc) is 3.24. The van der Waals surface area contributed by atoms with Crippen molar-refractivity contribution in [2.45, 2.75) is 0 Å². The number of aromatic amines is 1. The van der Waals surface area contributed by atoms with Crippen LogP contribution in [0.1, 0.15) is 10.5 Å². The first-order valence-corrected chi connectivity index (χ1v) is 8.41. The van der Waals surface area contributed by atoms with E-state index < -0.39 is 0 Å². The van der Waals surface area contributed by atoms with Gasteiger partial charge in [-0.05, 0) is 30.3 Å². The summed E-state index contributed by atoms with van der Waals surface area (Å²) in [6.07, 6.45) is 1.62. The minimum atomic E-state index is -0.245. The van der Waals surface area contributed by atoms with Crippen molar-refractivity contribution in [1.29, 1.82) is 0 Å². The summed E-state index contributed by atoms with van der Waals surface area (Å²) >= 11 is 7.31. The Morgan fingerprint density at radius 1 is 1.17 bits per heavy atom. The first-order chi connectivity index (χ1) is 11.7. The normalized spacial score (nSPS) is 10.9. The van der Waals surface area contributed by atoms with Crippen LogP contribution in [0.25, 0.3) is 21.6 Å². The van der Waals surface area contributed by atoms with Crippen LogP contribution in [0, 0.1) is 0 Å². The van der Waals surface area contributed by atoms with Gasteiger partial charge in [-0.15, -0.1) is 11.3 Å². The molecule has 2 heterocycles. The largest absolute Gasteiger partial charge is 0.345 e. The number of halogens is 1. The van der Waals surface area contributed by atoms with E-state index in [1.807, 2.05) is 30.3 Å². The van der Waals surface area contributed by atoms with E-state index in [1.54, 1.807) is 23.8 Å². The highest BCUT2D eigenvalue weighted by Gasteiger charge is 2.12. The third kappa shape index (κ3) is 2.89. The number of H-pyrrole nitrogens is 1. The molecule has 0 saturated heterocycles. The summed E-state index contributed by atoms with van der Waals surface area (Å²) < 4.78 is 0. The Bertz CT molecular complexity index is 1020. The van der Waals surface area contributed by atoms with Gasteiger partial charge in [-0.2, -0.15) is 0 Å². The molecular weight excluding hydrogens is 344 g/mol. The molecule has 0 aliphatic rings. The molecule has 0 aliphatic carbocycles. The van der Waals surface area contributed by atoms with Gasteiger partial charge in [-0.1, -0.05) is 23.7 Å². The lowest BCUT2D eigenvalue weighted by Gasteiger charge is -2.03. The second-order valence-electron chi connectivity index (χ2n) is 5.13. The molecule has 2 aromatic heterocycles. The minimum Gasteiger partial charge on any atom is -0.345 e. The fourth-order valence-electron chi connectivity index (χ4n) is 2.31. The molecule has 0 unspecified atom stereocenters. The van der Waals surface area contributed by atoms with Crippen LogP contribution < -0.4 is 5.32 Å². The molecule has 0 spiro atoms. The first kappa shape index (κ1) is 14.9. The number of nitrogens with one attached hydrogen (secondary N) is 2. The van der Waals surface area contributed by atoms with Crippen molar-refractivity contribution < 1.29 is 4.79 Å². The number of imidazole rings is 1. The Kier molecular flexibility index (Phi) is 3.76. The molecule has 5 nitrogen and oxygen atoms in total. The number of hydrogen-bond donors (Lipinski definition) is 2. The lowest BCUT2D eigenvalue weighted by atomic mass is 10.2. The van der Waals surface area contributed by atoms with Crippen molar-refractivity contribution in [3.8, 4) is 10.6 Å². The van der Waals surface area contributed by atoms with Crippen LogP contribution in [-0.2, 0) is 0 Å². The van der Waals surface area contributed by atoms with Gasteiger partial charge in [0.05, 0.1) is 17.4 Å². The average molecular weight is 355 g/mol. The van der Waals surface area contributed by atoms with Crippen LogP contribution in [0.3, 0.4) is 0 Å². The summed E-state index contributed by atoms with van der Waals surface area (Å²) in [4.78, 5) is 23.9. The second-order valence-corrected chi connectivity index (χ2v) is 6.43. The molecule has 1 amide bonds. The van der Waals surface area contributed by atoms with Gasteiger partial charge < -0.3 is 10.3 Å². The fraction of sp³-hybridized carbons (Fsp3) is 0. The van der Waals surface area contributed by atoms with Crippen LogP contribution in [0.4, 0.5) is 5.69 Å². The first-order valence-electron chi connectivity index (χ1n) is 7.15. The summed E-state index contributed by atoms with van der Waals surface area (Å²) in [7, 11) is 0. The number of benzene rings is 2. The van der Waals surface area contributed by atoms with Crippen molar-refractivity contribution in [3.63, 3.8) is 0 Å². The maximum atomic E-state index is 12.4. The number of hydrogen-bond acceptors (Lipinski definition) is 4. The molecule has 0 aliphatic heterocycles. The van der Waals surface area contributed by atoms with Gasteiger partial charge in [0.2, 0.25) is 0 Å². The van der Waals surface area contributed by atoms with E-state index in [9.17, 15) is 4.79 Å². The Morgan fingerprint density at radius 3 is 2.83 bits per heavy atom. The number of nitrogens with zero attached hydrogens (tertiary/aromatic N) is 2. The number of aromatic nitrogens is 3. The predicted molar refractivity (Wildman–Crippen MR) is 96.6 cm³/mol. The Labute approximate surface area is 146 Å². The van der Waals surface area contributed by atoms with Crippen LogP contribution in [0.2, 0.25) is 5.02 Å². The van der Waals surface area contributed by atoms with E-state index >= 15 is 0 Å². The number of thiazole rings is 1. The van der Waals surface area contributed by atoms with Gasteiger partial charge in [0.25, 0.3) is 5.91 Å². The molecule has 4 aromatic rings. The molecule has 24 heavy (non-hydrogen) atoms. The molecule has 0 saturated carbocycles. The molecule has 2 aromatic carbocycles. The zero-order valence-corrected chi connectivity index (χ0v) is 13.9. The molecule has 4 rings (SSSR count). The SMILES string of the molecule is O=C(Nc1ccc2nc[nH]c2c1)c1csc(-c2ccc(Cl)cc2)n1. The maximum absolute atomic E-state index is 12.4. The van der Waals surface area contributed by atoms with Crippen LogP contribution in [0.5, 0.6) is 0 Å². The van der Waals surface area contributed by atoms with E-state index in [2.05, 4.69) is 20.3 Å². The Hall–Kier alpha value is -2.70. The second kappa shape index (κ2) is 6.07. The van der Waals surface area contributed by atoms with Gasteiger partial charge >= 0.3 is 0 Å². The minimum absolute atomic E-state index is 0.245. The van der Waals surface area contributed by atoms with Crippen molar-refractivity contribution >= 4 is 45.6 Å². The molecule has 0 fully saturated rings. The van der Waals surface area contributed by atoms with Gasteiger partial charge in [0.1, 0.15) is 10.7 Å². The van der Waals surface area contributed by atoms with E-state index in [1.165, 1.54) is 11.3 Å². The quantitative estimate of drug-likeness (QED) is 0.565. The summed E-state index contributed by atoms with van der Waals surface area (Å²) in [6, 6.07) is 12.9. The van der Waals surface area contributed by atoms with Crippen molar-refractivity contribution in [3.05, 3.63) is 64.9 Å². The highest BCUT2D eigenvalue weighted by atomic mass is 35.5. The van der Waals surface area contributed by atoms with E-state index in [-0.39, 0.29) is 5.91 Å².